The van der Waals surface area contributed by atoms with Gasteiger partial charge in [-0.15, -0.1) is 0 Å². The first-order valence-electron chi connectivity index (χ1n) is 6.02. The Labute approximate surface area is 108 Å². The van der Waals surface area contributed by atoms with Gasteiger partial charge >= 0.3 is 0 Å². The van der Waals surface area contributed by atoms with Crippen molar-refractivity contribution >= 4 is 27.6 Å². The van der Waals surface area contributed by atoms with Crippen LogP contribution in [0.4, 0.5) is 0 Å². The van der Waals surface area contributed by atoms with E-state index >= 15 is 0 Å². The summed E-state index contributed by atoms with van der Waals surface area (Å²) in [5.74, 6) is 0.0243. The van der Waals surface area contributed by atoms with Gasteiger partial charge in [0.25, 0.3) is 5.91 Å². The Morgan fingerprint density at radius 1 is 1.33 bits per heavy atom. The molecule has 0 saturated carbocycles. The zero-order valence-corrected chi connectivity index (χ0v) is 10.7. The molecule has 1 fully saturated rings. The number of nitrogens with zero attached hydrogens (tertiary/aromatic N) is 2. The molecule has 0 spiro atoms. The Morgan fingerprint density at radius 2 is 2.11 bits per heavy atom. The van der Waals surface area contributed by atoms with Crippen molar-refractivity contribution in [2.75, 3.05) is 13.1 Å². The van der Waals surface area contributed by atoms with Crippen molar-refractivity contribution in [1.82, 2.24) is 15.3 Å². The number of nitrogens with one attached hydrogen (secondary N) is 1. The molecule has 3 N–H and O–H groups in total. The number of piperidine rings is 1. The second-order valence-electron chi connectivity index (χ2n) is 4.47. The van der Waals surface area contributed by atoms with Gasteiger partial charge in [0.1, 0.15) is 10.3 Å². The second kappa shape index (κ2) is 4.62. The first-order chi connectivity index (χ1) is 8.74. The summed E-state index contributed by atoms with van der Waals surface area (Å²) in [6, 6.07) is 3.95. The molecule has 1 aliphatic heterocycles. The highest BCUT2D eigenvalue weighted by molar-refractivity contribution is 7.19. The Hall–Kier alpha value is -1.53. The van der Waals surface area contributed by atoms with E-state index in [-0.39, 0.29) is 0 Å². The predicted octanol–water partition coefficient (Wildman–Crippen LogP) is 1.26. The van der Waals surface area contributed by atoms with Crippen LogP contribution in [0, 0.1) is 0 Å². The van der Waals surface area contributed by atoms with Gasteiger partial charge in [0.15, 0.2) is 5.01 Å². The third-order valence-electron chi connectivity index (χ3n) is 3.25. The van der Waals surface area contributed by atoms with Gasteiger partial charge in [0.2, 0.25) is 0 Å². The fourth-order valence-corrected chi connectivity index (χ4v) is 3.08. The number of fused-ring (bicyclic) bond motifs is 1. The average Bonchev–Trinajstić information content (AvgIpc) is 2.82. The number of hydrogen-bond acceptors (Lipinski definition) is 5. The Kier molecular flexibility index (Phi) is 2.97. The van der Waals surface area contributed by atoms with Crippen LogP contribution in [0.15, 0.2) is 12.1 Å². The maximum Gasteiger partial charge on any atom is 0.277 e. The number of pyridine rings is 1. The van der Waals surface area contributed by atoms with Gasteiger partial charge in [-0.2, -0.15) is 0 Å². The highest BCUT2D eigenvalue weighted by Gasteiger charge is 2.18. The van der Waals surface area contributed by atoms with E-state index in [9.17, 15) is 4.79 Å². The van der Waals surface area contributed by atoms with Crippen molar-refractivity contribution in [3.05, 3.63) is 22.8 Å². The molecule has 2 aromatic heterocycles. The quantitative estimate of drug-likeness (QED) is 0.853. The Bertz CT molecular complexity index is 589. The molecule has 0 unspecified atom stereocenters. The molecule has 0 aliphatic carbocycles. The van der Waals surface area contributed by atoms with Gasteiger partial charge in [0.05, 0.1) is 0 Å². The molecular weight excluding hydrogens is 248 g/mol. The lowest BCUT2D eigenvalue weighted by Crippen LogP contribution is -2.26. The van der Waals surface area contributed by atoms with E-state index in [0.29, 0.717) is 10.9 Å². The molecule has 1 amide bonds. The van der Waals surface area contributed by atoms with Crippen molar-refractivity contribution in [3.8, 4) is 0 Å². The minimum Gasteiger partial charge on any atom is -0.364 e. The van der Waals surface area contributed by atoms with E-state index in [1.165, 1.54) is 11.3 Å². The fourth-order valence-electron chi connectivity index (χ4n) is 2.28. The molecule has 0 bridgehead atoms. The van der Waals surface area contributed by atoms with Crippen LogP contribution in [0.25, 0.3) is 10.3 Å². The lowest BCUT2D eigenvalue weighted by Gasteiger charge is -2.21. The zero-order chi connectivity index (χ0) is 12.5. The molecule has 18 heavy (non-hydrogen) atoms. The summed E-state index contributed by atoms with van der Waals surface area (Å²) in [7, 11) is 0. The van der Waals surface area contributed by atoms with Crippen LogP contribution in [0.1, 0.15) is 34.3 Å². The molecule has 5 nitrogen and oxygen atoms in total. The van der Waals surface area contributed by atoms with Crippen molar-refractivity contribution < 1.29 is 4.79 Å². The first kappa shape index (κ1) is 11.6. The monoisotopic (exact) mass is 262 g/mol. The molecule has 94 valence electrons. The second-order valence-corrected chi connectivity index (χ2v) is 5.45. The topological polar surface area (TPSA) is 80.9 Å². The summed E-state index contributed by atoms with van der Waals surface area (Å²) in [6.45, 7) is 2.08. The van der Waals surface area contributed by atoms with Crippen molar-refractivity contribution in [3.63, 3.8) is 0 Å². The number of amides is 1. The highest BCUT2D eigenvalue weighted by atomic mass is 32.1. The molecule has 0 aromatic carbocycles. The minimum absolute atomic E-state index is 0.333. The zero-order valence-electron chi connectivity index (χ0n) is 9.85. The Morgan fingerprint density at radius 3 is 2.83 bits per heavy atom. The van der Waals surface area contributed by atoms with E-state index in [1.807, 2.05) is 12.1 Å². The summed E-state index contributed by atoms with van der Waals surface area (Å²) in [4.78, 5) is 20.7. The third-order valence-corrected chi connectivity index (χ3v) is 4.22. The molecular formula is C12H14N4OS. The summed E-state index contributed by atoms with van der Waals surface area (Å²) in [5.41, 5.74) is 7.09. The standard InChI is InChI=1S/C12H14N4OS/c13-10(17)12-16-9-2-1-8(15-11(9)18-12)7-3-5-14-6-4-7/h1-2,7,14H,3-6H2,(H2,13,17). The molecule has 3 rings (SSSR count). The lowest BCUT2D eigenvalue weighted by molar-refractivity contribution is 0.1000. The average molecular weight is 262 g/mol. The Balaban J connectivity index is 1.96. The molecule has 1 aliphatic rings. The molecule has 1 saturated heterocycles. The number of rotatable bonds is 2. The molecule has 0 atom stereocenters. The predicted molar refractivity (Wildman–Crippen MR) is 70.8 cm³/mol. The number of aromatic nitrogens is 2. The fraction of sp³-hybridized carbons (Fsp3) is 0.417. The smallest absolute Gasteiger partial charge is 0.277 e. The van der Waals surface area contributed by atoms with Crippen molar-refractivity contribution in [2.24, 2.45) is 5.73 Å². The summed E-state index contributed by atoms with van der Waals surface area (Å²) < 4.78 is 0. The first-order valence-corrected chi connectivity index (χ1v) is 6.83. The van der Waals surface area contributed by atoms with Gasteiger partial charge in [-0.3, -0.25) is 4.79 Å². The van der Waals surface area contributed by atoms with E-state index < -0.39 is 5.91 Å². The number of hydrogen-bond donors (Lipinski definition) is 2. The largest absolute Gasteiger partial charge is 0.364 e. The summed E-state index contributed by atoms with van der Waals surface area (Å²) in [5, 5.41) is 3.68. The maximum atomic E-state index is 11.1. The lowest BCUT2D eigenvalue weighted by atomic mass is 9.94. The van der Waals surface area contributed by atoms with E-state index in [2.05, 4.69) is 15.3 Å². The minimum atomic E-state index is -0.485. The van der Waals surface area contributed by atoms with Gasteiger partial charge in [-0.1, -0.05) is 11.3 Å². The van der Waals surface area contributed by atoms with Crippen LogP contribution in [0.3, 0.4) is 0 Å². The number of nitrogens with two attached hydrogens (primary N) is 1. The van der Waals surface area contributed by atoms with Gasteiger partial charge in [0, 0.05) is 11.6 Å². The van der Waals surface area contributed by atoms with Crippen LogP contribution in [0.2, 0.25) is 0 Å². The van der Waals surface area contributed by atoms with Gasteiger partial charge in [-0.05, 0) is 38.1 Å². The number of carbonyl (C=O) groups excluding carboxylic acids is 1. The SMILES string of the molecule is NC(=O)c1nc2ccc(C3CCNCC3)nc2s1. The van der Waals surface area contributed by atoms with Crippen LogP contribution < -0.4 is 11.1 Å². The van der Waals surface area contributed by atoms with Crippen LogP contribution in [-0.2, 0) is 0 Å². The molecule has 0 radical (unpaired) electrons. The summed E-state index contributed by atoms with van der Waals surface area (Å²) in [6.07, 6.45) is 2.22. The van der Waals surface area contributed by atoms with Crippen LogP contribution in [0.5, 0.6) is 0 Å². The van der Waals surface area contributed by atoms with Crippen molar-refractivity contribution in [2.45, 2.75) is 18.8 Å². The van der Waals surface area contributed by atoms with E-state index in [0.717, 1.165) is 42.0 Å². The maximum absolute atomic E-state index is 11.1. The summed E-state index contributed by atoms with van der Waals surface area (Å²) >= 11 is 1.27. The van der Waals surface area contributed by atoms with Crippen LogP contribution in [-0.4, -0.2) is 29.0 Å². The third kappa shape index (κ3) is 2.09. The van der Waals surface area contributed by atoms with Crippen LogP contribution >= 0.6 is 11.3 Å². The van der Waals surface area contributed by atoms with Crippen molar-refractivity contribution in [1.29, 1.82) is 0 Å². The molecule has 6 heteroatoms. The normalized spacial score (nSPS) is 17.1. The molecule has 2 aromatic rings. The number of primary amides is 1. The highest BCUT2D eigenvalue weighted by Crippen LogP contribution is 2.27. The number of carbonyl (C=O) groups is 1. The van der Waals surface area contributed by atoms with Gasteiger partial charge < -0.3 is 11.1 Å². The van der Waals surface area contributed by atoms with Gasteiger partial charge in [-0.25, -0.2) is 9.97 Å². The number of thiazole rings is 1. The molecule has 3 heterocycles. The van der Waals surface area contributed by atoms with E-state index in [1.54, 1.807) is 0 Å². The van der Waals surface area contributed by atoms with E-state index in [4.69, 9.17) is 5.73 Å².